The number of likely N-dealkylation sites (N-methyl/N-ethyl adjacent to an activating group) is 1. The van der Waals surface area contributed by atoms with Gasteiger partial charge < -0.3 is 20.1 Å². The Kier molecular flexibility index (Phi) is 9.37. The number of aliphatic imine (C=N–C) groups is 1. The molecule has 0 aromatic carbocycles. The molecule has 7 nitrogen and oxygen atoms in total. The van der Waals surface area contributed by atoms with Crippen molar-refractivity contribution in [3.05, 3.63) is 12.2 Å². The first-order valence-electron chi connectivity index (χ1n) is 9.03. The average Bonchev–Trinajstić information content (AvgIpc) is 2.98. The van der Waals surface area contributed by atoms with Crippen LogP contribution in [-0.4, -0.2) is 65.4 Å². The van der Waals surface area contributed by atoms with Crippen molar-refractivity contribution in [2.24, 2.45) is 10.9 Å². The number of aryl methyl sites for hydroxylation is 1. The summed E-state index contributed by atoms with van der Waals surface area (Å²) in [5.74, 6) is 2.56. The molecule has 1 aromatic rings. The molecule has 0 fully saturated rings. The van der Waals surface area contributed by atoms with E-state index in [0.717, 1.165) is 50.8 Å². The smallest absolute Gasteiger partial charge is 0.191 e. The van der Waals surface area contributed by atoms with Gasteiger partial charge in [0.05, 0.1) is 6.54 Å². The van der Waals surface area contributed by atoms with E-state index in [0.29, 0.717) is 12.0 Å². The summed E-state index contributed by atoms with van der Waals surface area (Å²) in [4.78, 5) is 7.02. The van der Waals surface area contributed by atoms with Gasteiger partial charge in [-0.3, -0.25) is 4.99 Å². The van der Waals surface area contributed by atoms with Gasteiger partial charge in [-0.25, -0.2) is 0 Å². The van der Waals surface area contributed by atoms with Crippen LogP contribution in [0, 0.1) is 5.92 Å². The highest BCUT2D eigenvalue weighted by Gasteiger charge is 2.13. The number of rotatable bonds is 10. The third-order valence-electron chi connectivity index (χ3n) is 3.94. The van der Waals surface area contributed by atoms with Crippen molar-refractivity contribution in [1.29, 1.82) is 0 Å². The second-order valence-electron chi connectivity index (χ2n) is 6.69. The highest BCUT2D eigenvalue weighted by atomic mass is 15.3. The maximum absolute atomic E-state index is 4.76. The third-order valence-corrected chi connectivity index (χ3v) is 3.94. The van der Waals surface area contributed by atoms with Gasteiger partial charge in [0.2, 0.25) is 0 Å². The Hall–Kier alpha value is -1.63. The Morgan fingerprint density at radius 3 is 2.62 bits per heavy atom. The molecule has 0 saturated heterocycles. The Morgan fingerprint density at radius 2 is 2.04 bits per heavy atom. The molecule has 0 spiro atoms. The van der Waals surface area contributed by atoms with E-state index in [1.807, 2.05) is 0 Å². The first-order chi connectivity index (χ1) is 11.5. The van der Waals surface area contributed by atoms with Crippen LogP contribution in [0.2, 0.25) is 0 Å². The zero-order valence-corrected chi connectivity index (χ0v) is 16.2. The molecule has 1 atom stereocenters. The monoisotopic (exact) mass is 337 g/mol. The first kappa shape index (κ1) is 20.4. The summed E-state index contributed by atoms with van der Waals surface area (Å²) < 4.78 is 2.08. The molecule has 7 heteroatoms. The lowest BCUT2D eigenvalue weighted by Gasteiger charge is -2.24. The van der Waals surface area contributed by atoms with Crippen LogP contribution in [0.15, 0.2) is 11.3 Å². The quantitative estimate of drug-likeness (QED) is 0.498. The Labute approximate surface area is 146 Å². The van der Waals surface area contributed by atoms with E-state index in [9.17, 15) is 0 Å². The zero-order chi connectivity index (χ0) is 17.9. The third kappa shape index (κ3) is 7.29. The average molecular weight is 338 g/mol. The topological polar surface area (TPSA) is 70.4 Å². The fourth-order valence-electron chi connectivity index (χ4n) is 2.57. The Morgan fingerprint density at radius 1 is 1.29 bits per heavy atom. The maximum atomic E-state index is 4.76. The van der Waals surface area contributed by atoms with Crippen molar-refractivity contribution in [1.82, 2.24) is 30.3 Å². The largest absolute Gasteiger partial charge is 0.357 e. The van der Waals surface area contributed by atoms with Gasteiger partial charge in [-0.15, -0.1) is 10.2 Å². The highest BCUT2D eigenvalue weighted by Crippen LogP contribution is 2.09. The second-order valence-corrected chi connectivity index (χ2v) is 6.69. The maximum Gasteiger partial charge on any atom is 0.191 e. The molecule has 0 saturated carbocycles. The minimum Gasteiger partial charge on any atom is -0.357 e. The molecule has 138 valence electrons. The fraction of sp³-hybridized carbons (Fsp3) is 0.824. The van der Waals surface area contributed by atoms with Gasteiger partial charge in [0.1, 0.15) is 12.2 Å². The van der Waals surface area contributed by atoms with E-state index < -0.39 is 0 Å². The number of aromatic nitrogens is 3. The Bertz CT molecular complexity index is 479. The van der Waals surface area contributed by atoms with E-state index in [-0.39, 0.29) is 0 Å². The second kappa shape index (κ2) is 11.0. The minimum atomic E-state index is 0.463. The van der Waals surface area contributed by atoms with Gasteiger partial charge in [0.15, 0.2) is 5.96 Å². The molecule has 0 radical (unpaired) electrons. The molecule has 24 heavy (non-hydrogen) atoms. The predicted molar refractivity (Wildman–Crippen MR) is 100 cm³/mol. The van der Waals surface area contributed by atoms with Gasteiger partial charge >= 0.3 is 0 Å². The molecule has 0 aliphatic rings. The number of hydrogen-bond acceptors (Lipinski definition) is 4. The number of nitrogens with one attached hydrogen (secondary N) is 2. The molecule has 0 aliphatic carbocycles. The van der Waals surface area contributed by atoms with Crippen LogP contribution in [0.4, 0.5) is 0 Å². The number of nitrogens with zero attached hydrogens (tertiary/aromatic N) is 5. The minimum absolute atomic E-state index is 0.463. The van der Waals surface area contributed by atoms with Crippen LogP contribution in [0.1, 0.15) is 39.9 Å². The zero-order valence-electron chi connectivity index (χ0n) is 16.2. The van der Waals surface area contributed by atoms with Crippen molar-refractivity contribution in [2.75, 3.05) is 33.7 Å². The van der Waals surface area contributed by atoms with Crippen LogP contribution in [-0.2, 0) is 13.0 Å². The van der Waals surface area contributed by atoms with E-state index in [1.165, 1.54) is 0 Å². The van der Waals surface area contributed by atoms with E-state index >= 15 is 0 Å². The van der Waals surface area contributed by atoms with Gasteiger partial charge in [-0.05, 0) is 33.4 Å². The standard InChI is InChI=1S/C17H35N7/c1-7-16-22-21-13-24(16)10-9-19-17(18-8-2)20-12-15(23(5)6)11-14(3)4/h13-15H,7-12H2,1-6H3,(H2,18,19,20). The van der Waals surface area contributed by atoms with Crippen molar-refractivity contribution < 1.29 is 0 Å². The van der Waals surface area contributed by atoms with Gasteiger partial charge in [0, 0.05) is 32.1 Å². The molecule has 0 bridgehead atoms. The SMILES string of the molecule is CCNC(=NCC(CC(C)C)N(C)C)NCCn1cnnc1CC. The highest BCUT2D eigenvalue weighted by molar-refractivity contribution is 5.79. The lowest BCUT2D eigenvalue weighted by Crippen LogP contribution is -2.40. The summed E-state index contributed by atoms with van der Waals surface area (Å²) in [6, 6.07) is 0.463. The van der Waals surface area contributed by atoms with Crippen LogP contribution in [0.25, 0.3) is 0 Å². The van der Waals surface area contributed by atoms with Crippen molar-refractivity contribution in [3.8, 4) is 0 Å². The summed E-state index contributed by atoms with van der Waals surface area (Å²) >= 11 is 0. The molecule has 0 aliphatic heterocycles. The number of guanidine groups is 1. The van der Waals surface area contributed by atoms with E-state index in [2.05, 4.69) is 72.1 Å². The normalized spacial score (nSPS) is 13.6. The molecule has 1 rings (SSSR count). The Balaban J connectivity index is 2.55. The molecule has 0 amide bonds. The fourth-order valence-corrected chi connectivity index (χ4v) is 2.57. The summed E-state index contributed by atoms with van der Waals surface area (Å²) in [5, 5.41) is 14.8. The summed E-state index contributed by atoms with van der Waals surface area (Å²) in [6.07, 6.45) is 3.83. The molecule has 1 unspecified atom stereocenters. The van der Waals surface area contributed by atoms with Gasteiger partial charge in [-0.1, -0.05) is 20.8 Å². The van der Waals surface area contributed by atoms with Gasteiger partial charge in [0.25, 0.3) is 0 Å². The molecule has 1 heterocycles. The van der Waals surface area contributed by atoms with Crippen molar-refractivity contribution in [2.45, 2.75) is 53.1 Å². The molecule has 1 aromatic heterocycles. The van der Waals surface area contributed by atoms with Crippen LogP contribution in [0.5, 0.6) is 0 Å². The molecular formula is C17H35N7. The summed E-state index contributed by atoms with van der Waals surface area (Å²) in [7, 11) is 4.25. The van der Waals surface area contributed by atoms with E-state index in [4.69, 9.17) is 4.99 Å². The van der Waals surface area contributed by atoms with Crippen LogP contribution < -0.4 is 10.6 Å². The summed E-state index contributed by atoms with van der Waals surface area (Å²) in [6.45, 7) is 12.0. The van der Waals surface area contributed by atoms with Crippen molar-refractivity contribution in [3.63, 3.8) is 0 Å². The first-order valence-corrected chi connectivity index (χ1v) is 9.03. The molecule has 2 N–H and O–H groups in total. The number of hydrogen-bond donors (Lipinski definition) is 2. The lowest BCUT2D eigenvalue weighted by atomic mass is 10.0. The summed E-state index contributed by atoms with van der Waals surface area (Å²) in [5.41, 5.74) is 0. The van der Waals surface area contributed by atoms with Crippen LogP contribution in [0.3, 0.4) is 0 Å². The lowest BCUT2D eigenvalue weighted by molar-refractivity contribution is 0.261. The van der Waals surface area contributed by atoms with Gasteiger partial charge in [-0.2, -0.15) is 0 Å². The van der Waals surface area contributed by atoms with Crippen molar-refractivity contribution >= 4 is 5.96 Å². The predicted octanol–water partition coefficient (Wildman–Crippen LogP) is 1.37. The molecular weight excluding hydrogens is 302 g/mol. The van der Waals surface area contributed by atoms with Crippen LogP contribution >= 0.6 is 0 Å². The van der Waals surface area contributed by atoms with E-state index in [1.54, 1.807) is 6.33 Å².